The first-order valence-corrected chi connectivity index (χ1v) is 9.77. The molecule has 2 aliphatic rings. The van der Waals surface area contributed by atoms with Crippen molar-refractivity contribution in [3.63, 3.8) is 0 Å². The molecule has 1 heterocycles. The molecular formula is C20H30O10. The third-order valence-electron chi connectivity index (χ3n) is 5.92. The minimum absolute atomic E-state index is 0.0265. The number of rotatable bonds is 8. The number of aliphatic carboxylic acids is 1. The van der Waals surface area contributed by atoms with Crippen LogP contribution in [-0.4, -0.2) is 87.5 Å². The summed E-state index contributed by atoms with van der Waals surface area (Å²) in [5, 5.41) is 50.1. The van der Waals surface area contributed by atoms with E-state index in [0.717, 1.165) is 0 Å². The van der Waals surface area contributed by atoms with Crippen LogP contribution in [-0.2, 0) is 23.8 Å². The lowest BCUT2D eigenvalue weighted by atomic mass is 9.74. The van der Waals surface area contributed by atoms with E-state index in [-0.39, 0.29) is 24.8 Å². The van der Waals surface area contributed by atoms with Crippen LogP contribution < -0.4 is 0 Å². The molecule has 8 atom stereocenters. The molecule has 1 aliphatic carbocycles. The van der Waals surface area contributed by atoms with Gasteiger partial charge in [-0.2, -0.15) is 0 Å². The van der Waals surface area contributed by atoms with Crippen LogP contribution in [0.4, 0.5) is 0 Å². The van der Waals surface area contributed by atoms with E-state index in [4.69, 9.17) is 14.2 Å². The second-order valence-electron chi connectivity index (χ2n) is 7.55. The topological polar surface area (TPSA) is 163 Å². The SMILES string of the molecule is C=C[C@@H]1[C@H](CC(=O)O)C(C(=O)OC)=CC[C@H]1O[C@@H]1O[C@H](CO)[C@@H](O)[C@H](O)[C@]1(O)CC. The number of hydrogen-bond donors (Lipinski definition) is 5. The number of aliphatic hydroxyl groups is 4. The summed E-state index contributed by atoms with van der Waals surface area (Å²) in [6.07, 6.45) is -3.74. The fraction of sp³-hybridized carbons (Fsp3) is 0.700. The maximum absolute atomic E-state index is 12.1. The molecule has 0 aromatic rings. The zero-order valence-electron chi connectivity index (χ0n) is 17.0. The Balaban J connectivity index is 2.35. The van der Waals surface area contributed by atoms with Gasteiger partial charge < -0.3 is 39.7 Å². The van der Waals surface area contributed by atoms with Crippen molar-refractivity contribution in [2.45, 2.75) is 62.5 Å². The van der Waals surface area contributed by atoms with Crippen LogP contribution in [0.5, 0.6) is 0 Å². The molecule has 10 heteroatoms. The minimum Gasteiger partial charge on any atom is -0.481 e. The number of hydrogen-bond acceptors (Lipinski definition) is 9. The standard InChI is InChI=1S/C20H30O10/c1-4-10-12(8-15(22)23)11(18(26)28-3)6-7-13(10)29-19-20(27,5-2)17(25)16(24)14(9-21)30-19/h4,6,10,12-14,16-17,19,21,24-25,27H,1,5,7-9H2,2-3H3,(H,22,23)/t10-,12+,13-,14-,16-,17+,19-,20-/m1/s1. The molecule has 5 N–H and O–H groups in total. The second kappa shape index (κ2) is 9.99. The maximum atomic E-state index is 12.1. The van der Waals surface area contributed by atoms with Crippen molar-refractivity contribution >= 4 is 11.9 Å². The molecule has 0 bridgehead atoms. The van der Waals surface area contributed by atoms with Crippen LogP contribution in [0.25, 0.3) is 0 Å². The number of carboxylic acids is 1. The molecular weight excluding hydrogens is 400 g/mol. The average Bonchev–Trinajstić information content (AvgIpc) is 2.73. The van der Waals surface area contributed by atoms with E-state index in [1.54, 1.807) is 6.92 Å². The quantitative estimate of drug-likeness (QED) is 0.247. The van der Waals surface area contributed by atoms with Crippen molar-refractivity contribution in [3.05, 3.63) is 24.3 Å². The molecule has 0 unspecified atom stereocenters. The first-order chi connectivity index (χ1) is 14.1. The van der Waals surface area contributed by atoms with Crippen LogP contribution >= 0.6 is 0 Å². The van der Waals surface area contributed by atoms with Crippen LogP contribution in [0.2, 0.25) is 0 Å². The van der Waals surface area contributed by atoms with Gasteiger partial charge in [-0.05, 0) is 12.8 Å². The van der Waals surface area contributed by atoms with Gasteiger partial charge in [0.15, 0.2) is 6.29 Å². The highest BCUT2D eigenvalue weighted by atomic mass is 16.7. The van der Waals surface area contributed by atoms with Crippen molar-refractivity contribution in [2.75, 3.05) is 13.7 Å². The van der Waals surface area contributed by atoms with Crippen LogP contribution in [0.15, 0.2) is 24.3 Å². The van der Waals surface area contributed by atoms with E-state index in [0.29, 0.717) is 0 Å². The van der Waals surface area contributed by atoms with E-state index < -0.39 is 66.7 Å². The summed E-state index contributed by atoms with van der Waals surface area (Å²) in [6, 6.07) is 0. The molecule has 0 amide bonds. The van der Waals surface area contributed by atoms with Crippen molar-refractivity contribution < 1.29 is 49.3 Å². The lowest BCUT2D eigenvalue weighted by molar-refractivity contribution is -0.353. The lowest BCUT2D eigenvalue weighted by Crippen LogP contribution is -2.67. The molecule has 0 radical (unpaired) electrons. The number of aliphatic hydroxyl groups excluding tert-OH is 3. The Hall–Kier alpha value is -1.82. The van der Waals surface area contributed by atoms with Gasteiger partial charge in [0.25, 0.3) is 0 Å². The summed E-state index contributed by atoms with van der Waals surface area (Å²) < 4.78 is 16.2. The number of carbonyl (C=O) groups is 2. The van der Waals surface area contributed by atoms with Crippen molar-refractivity contribution in [1.82, 2.24) is 0 Å². The Labute approximate surface area is 174 Å². The lowest BCUT2D eigenvalue weighted by Gasteiger charge is -2.49. The molecule has 1 fully saturated rings. The first-order valence-electron chi connectivity index (χ1n) is 9.77. The van der Waals surface area contributed by atoms with E-state index in [1.807, 2.05) is 0 Å². The number of methoxy groups -OCH3 is 1. The molecule has 1 aliphatic heterocycles. The normalized spacial score (nSPS) is 39.1. The summed E-state index contributed by atoms with van der Waals surface area (Å²) >= 11 is 0. The highest BCUT2D eigenvalue weighted by Gasteiger charge is 2.55. The molecule has 0 aromatic carbocycles. The van der Waals surface area contributed by atoms with Gasteiger partial charge in [0, 0.05) is 17.4 Å². The zero-order chi connectivity index (χ0) is 22.6. The summed E-state index contributed by atoms with van der Waals surface area (Å²) in [4.78, 5) is 23.5. The number of ether oxygens (including phenoxy) is 3. The van der Waals surface area contributed by atoms with Crippen molar-refractivity contribution in [1.29, 1.82) is 0 Å². The number of esters is 1. The van der Waals surface area contributed by atoms with Gasteiger partial charge in [-0.1, -0.05) is 19.1 Å². The fourth-order valence-electron chi connectivity index (χ4n) is 4.10. The van der Waals surface area contributed by atoms with E-state index >= 15 is 0 Å². The molecule has 2 rings (SSSR count). The summed E-state index contributed by atoms with van der Waals surface area (Å²) in [6.45, 7) is 4.70. The Morgan fingerprint density at radius 3 is 2.57 bits per heavy atom. The molecule has 0 spiro atoms. The van der Waals surface area contributed by atoms with E-state index in [2.05, 4.69) is 6.58 Å². The van der Waals surface area contributed by atoms with Gasteiger partial charge in [-0.15, -0.1) is 6.58 Å². The summed E-state index contributed by atoms with van der Waals surface area (Å²) in [7, 11) is 1.20. The summed E-state index contributed by atoms with van der Waals surface area (Å²) in [5.74, 6) is -3.19. The minimum atomic E-state index is -1.97. The van der Waals surface area contributed by atoms with Crippen LogP contribution in [0.3, 0.4) is 0 Å². The highest BCUT2D eigenvalue weighted by Crippen LogP contribution is 2.40. The first kappa shape index (κ1) is 24.4. The Morgan fingerprint density at radius 2 is 2.07 bits per heavy atom. The van der Waals surface area contributed by atoms with E-state index in [9.17, 15) is 35.1 Å². The third-order valence-corrected chi connectivity index (χ3v) is 5.92. The molecule has 0 aromatic heterocycles. The monoisotopic (exact) mass is 430 g/mol. The molecule has 170 valence electrons. The molecule has 10 nitrogen and oxygen atoms in total. The smallest absolute Gasteiger partial charge is 0.333 e. The maximum Gasteiger partial charge on any atom is 0.333 e. The number of carboxylic acid groups (broad SMARTS) is 1. The highest BCUT2D eigenvalue weighted by molar-refractivity contribution is 5.90. The predicted molar refractivity (Wildman–Crippen MR) is 102 cm³/mol. The second-order valence-corrected chi connectivity index (χ2v) is 7.55. The van der Waals surface area contributed by atoms with Gasteiger partial charge in [-0.3, -0.25) is 4.79 Å². The predicted octanol–water partition coefficient (Wildman–Crippen LogP) is -0.652. The largest absolute Gasteiger partial charge is 0.481 e. The van der Waals surface area contributed by atoms with Crippen LogP contribution in [0.1, 0.15) is 26.2 Å². The zero-order valence-corrected chi connectivity index (χ0v) is 17.0. The van der Waals surface area contributed by atoms with Crippen molar-refractivity contribution in [2.24, 2.45) is 11.8 Å². The van der Waals surface area contributed by atoms with Gasteiger partial charge in [0.1, 0.15) is 23.9 Å². The summed E-state index contributed by atoms with van der Waals surface area (Å²) in [5.41, 5.74) is -1.77. The fourth-order valence-corrected chi connectivity index (χ4v) is 4.10. The molecule has 30 heavy (non-hydrogen) atoms. The van der Waals surface area contributed by atoms with Gasteiger partial charge >= 0.3 is 11.9 Å². The molecule has 1 saturated heterocycles. The third kappa shape index (κ3) is 4.58. The van der Waals surface area contributed by atoms with Gasteiger partial charge in [-0.25, -0.2) is 4.79 Å². The van der Waals surface area contributed by atoms with Crippen LogP contribution in [0, 0.1) is 11.8 Å². The Kier molecular flexibility index (Phi) is 8.14. The van der Waals surface area contributed by atoms with Gasteiger partial charge in [0.2, 0.25) is 0 Å². The number of carbonyl (C=O) groups excluding carboxylic acids is 1. The van der Waals surface area contributed by atoms with Gasteiger partial charge in [0.05, 0.1) is 26.2 Å². The Morgan fingerprint density at radius 1 is 1.40 bits per heavy atom. The van der Waals surface area contributed by atoms with Crippen molar-refractivity contribution in [3.8, 4) is 0 Å². The molecule has 0 saturated carbocycles. The Bertz CT molecular complexity index is 676. The van der Waals surface area contributed by atoms with E-state index in [1.165, 1.54) is 19.3 Å². The average molecular weight is 430 g/mol.